The van der Waals surface area contributed by atoms with Crippen molar-refractivity contribution in [2.75, 3.05) is 7.05 Å². The number of nitrogens with one attached hydrogen (secondary N) is 1. The highest BCUT2D eigenvalue weighted by molar-refractivity contribution is 5.27. The third kappa shape index (κ3) is 3.93. The van der Waals surface area contributed by atoms with Crippen molar-refractivity contribution >= 4 is 0 Å². The van der Waals surface area contributed by atoms with Gasteiger partial charge in [0.05, 0.1) is 0 Å². The number of hydrogen-bond donors (Lipinski definition) is 1. The van der Waals surface area contributed by atoms with Crippen LogP contribution in [0.1, 0.15) is 31.4 Å². The Hall–Kier alpha value is -0.890. The Balaban J connectivity index is 2.73. The lowest BCUT2D eigenvalue weighted by Crippen LogP contribution is -2.29. The zero-order valence-electron chi connectivity index (χ0n) is 10.7. The Morgan fingerprint density at radius 1 is 1.31 bits per heavy atom. The SMILES string of the molecule is CNC(Cc1cc(F)ccc1C)CC(C)C. The fourth-order valence-electron chi connectivity index (χ4n) is 2.00. The lowest BCUT2D eigenvalue weighted by molar-refractivity contribution is 0.440. The molecule has 0 bridgehead atoms. The summed E-state index contributed by atoms with van der Waals surface area (Å²) >= 11 is 0. The van der Waals surface area contributed by atoms with Gasteiger partial charge in [-0.15, -0.1) is 0 Å². The van der Waals surface area contributed by atoms with Crippen molar-refractivity contribution in [2.24, 2.45) is 5.92 Å². The molecule has 0 saturated carbocycles. The molecule has 0 radical (unpaired) electrons. The molecule has 1 N–H and O–H groups in total. The standard InChI is InChI=1S/C14H22FN/c1-10(2)7-14(16-4)9-12-8-13(15)6-5-11(12)3/h5-6,8,10,14,16H,7,9H2,1-4H3. The van der Waals surface area contributed by atoms with Crippen LogP contribution in [0.5, 0.6) is 0 Å². The van der Waals surface area contributed by atoms with Crippen LogP contribution in [0.25, 0.3) is 0 Å². The monoisotopic (exact) mass is 223 g/mol. The zero-order chi connectivity index (χ0) is 12.1. The molecule has 0 spiro atoms. The highest BCUT2D eigenvalue weighted by atomic mass is 19.1. The molecule has 0 aliphatic rings. The van der Waals surface area contributed by atoms with Crippen molar-refractivity contribution in [3.63, 3.8) is 0 Å². The van der Waals surface area contributed by atoms with Crippen LogP contribution in [-0.2, 0) is 6.42 Å². The van der Waals surface area contributed by atoms with E-state index in [0.29, 0.717) is 12.0 Å². The summed E-state index contributed by atoms with van der Waals surface area (Å²) in [7, 11) is 1.97. The predicted molar refractivity (Wildman–Crippen MR) is 67.1 cm³/mol. The van der Waals surface area contributed by atoms with Crippen LogP contribution in [-0.4, -0.2) is 13.1 Å². The number of likely N-dealkylation sites (N-methyl/N-ethyl adjacent to an activating group) is 1. The molecule has 0 aromatic heterocycles. The van der Waals surface area contributed by atoms with Crippen molar-refractivity contribution in [1.29, 1.82) is 0 Å². The molecule has 0 aliphatic heterocycles. The first-order valence-corrected chi connectivity index (χ1v) is 5.95. The molecule has 1 rings (SSSR count). The lowest BCUT2D eigenvalue weighted by atomic mass is 9.95. The van der Waals surface area contributed by atoms with Crippen LogP contribution < -0.4 is 5.32 Å². The summed E-state index contributed by atoms with van der Waals surface area (Å²) in [5.41, 5.74) is 2.28. The minimum Gasteiger partial charge on any atom is -0.317 e. The highest BCUT2D eigenvalue weighted by Crippen LogP contribution is 2.15. The smallest absolute Gasteiger partial charge is 0.123 e. The molecular weight excluding hydrogens is 201 g/mol. The van der Waals surface area contributed by atoms with E-state index in [4.69, 9.17) is 0 Å². The number of aryl methyl sites for hydroxylation is 1. The molecule has 1 unspecified atom stereocenters. The van der Waals surface area contributed by atoms with Gasteiger partial charge in [-0.05, 0) is 56.0 Å². The summed E-state index contributed by atoms with van der Waals surface area (Å²) in [6.07, 6.45) is 2.02. The van der Waals surface area contributed by atoms with E-state index in [0.717, 1.165) is 18.4 Å². The number of hydrogen-bond acceptors (Lipinski definition) is 1. The summed E-state index contributed by atoms with van der Waals surface area (Å²) in [6.45, 7) is 6.46. The molecule has 0 fully saturated rings. The first kappa shape index (κ1) is 13.2. The molecule has 0 heterocycles. The molecule has 0 amide bonds. The van der Waals surface area contributed by atoms with Gasteiger partial charge < -0.3 is 5.32 Å². The first-order valence-electron chi connectivity index (χ1n) is 5.95. The molecule has 16 heavy (non-hydrogen) atoms. The van der Waals surface area contributed by atoms with Gasteiger partial charge in [-0.3, -0.25) is 0 Å². The van der Waals surface area contributed by atoms with E-state index in [1.165, 1.54) is 11.6 Å². The molecule has 1 nitrogen and oxygen atoms in total. The van der Waals surface area contributed by atoms with Crippen molar-refractivity contribution in [2.45, 2.75) is 39.7 Å². The fraction of sp³-hybridized carbons (Fsp3) is 0.571. The summed E-state index contributed by atoms with van der Waals surface area (Å²) in [6, 6.07) is 5.46. The quantitative estimate of drug-likeness (QED) is 0.807. The van der Waals surface area contributed by atoms with E-state index in [1.54, 1.807) is 6.07 Å². The maximum atomic E-state index is 13.1. The molecular formula is C14H22FN. The average Bonchev–Trinajstić information content (AvgIpc) is 2.21. The summed E-state index contributed by atoms with van der Waals surface area (Å²) in [5, 5.41) is 3.31. The van der Waals surface area contributed by atoms with E-state index >= 15 is 0 Å². The maximum Gasteiger partial charge on any atom is 0.123 e. The Kier molecular flexibility index (Phi) is 4.94. The van der Waals surface area contributed by atoms with Crippen LogP contribution >= 0.6 is 0 Å². The minimum atomic E-state index is -0.139. The van der Waals surface area contributed by atoms with Gasteiger partial charge in [0, 0.05) is 6.04 Å². The third-order valence-corrected chi connectivity index (χ3v) is 2.94. The van der Waals surface area contributed by atoms with E-state index < -0.39 is 0 Å². The van der Waals surface area contributed by atoms with E-state index in [2.05, 4.69) is 19.2 Å². The van der Waals surface area contributed by atoms with Crippen LogP contribution in [0.4, 0.5) is 4.39 Å². The molecule has 2 heteroatoms. The summed E-state index contributed by atoms with van der Waals surface area (Å²) in [4.78, 5) is 0. The van der Waals surface area contributed by atoms with Crippen molar-refractivity contribution < 1.29 is 4.39 Å². The Labute approximate surface area is 98.1 Å². The second-order valence-corrected chi connectivity index (χ2v) is 4.89. The maximum absolute atomic E-state index is 13.1. The molecule has 1 aromatic rings. The molecule has 1 aromatic carbocycles. The van der Waals surface area contributed by atoms with Gasteiger partial charge in [0.1, 0.15) is 5.82 Å². The fourth-order valence-corrected chi connectivity index (χ4v) is 2.00. The van der Waals surface area contributed by atoms with Crippen molar-refractivity contribution in [3.8, 4) is 0 Å². The summed E-state index contributed by atoms with van der Waals surface area (Å²) in [5.74, 6) is 0.520. The molecule has 1 atom stereocenters. The van der Waals surface area contributed by atoms with Gasteiger partial charge in [0.2, 0.25) is 0 Å². The lowest BCUT2D eigenvalue weighted by Gasteiger charge is -2.19. The highest BCUT2D eigenvalue weighted by Gasteiger charge is 2.11. The Bertz CT molecular complexity index is 334. The van der Waals surface area contributed by atoms with Gasteiger partial charge in [-0.25, -0.2) is 4.39 Å². The summed E-state index contributed by atoms with van der Waals surface area (Å²) < 4.78 is 13.1. The van der Waals surface area contributed by atoms with Crippen molar-refractivity contribution in [3.05, 3.63) is 35.1 Å². The van der Waals surface area contributed by atoms with Gasteiger partial charge in [0.15, 0.2) is 0 Å². The van der Waals surface area contributed by atoms with Crippen LogP contribution in [0, 0.1) is 18.7 Å². The predicted octanol–water partition coefficient (Wildman–Crippen LogP) is 3.31. The van der Waals surface area contributed by atoms with Gasteiger partial charge in [-0.2, -0.15) is 0 Å². The van der Waals surface area contributed by atoms with Crippen LogP contribution in [0.15, 0.2) is 18.2 Å². The van der Waals surface area contributed by atoms with E-state index in [9.17, 15) is 4.39 Å². The van der Waals surface area contributed by atoms with Crippen LogP contribution in [0.3, 0.4) is 0 Å². The number of benzene rings is 1. The molecule has 0 saturated heterocycles. The second kappa shape index (κ2) is 6.00. The van der Waals surface area contributed by atoms with Crippen molar-refractivity contribution in [1.82, 2.24) is 5.32 Å². The Morgan fingerprint density at radius 3 is 2.56 bits per heavy atom. The molecule has 90 valence electrons. The average molecular weight is 223 g/mol. The zero-order valence-corrected chi connectivity index (χ0v) is 10.7. The van der Waals surface area contributed by atoms with E-state index in [1.807, 2.05) is 20.0 Å². The largest absolute Gasteiger partial charge is 0.317 e. The first-order chi connectivity index (χ1) is 7.52. The Morgan fingerprint density at radius 2 is 2.00 bits per heavy atom. The number of halogens is 1. The molecule has 0 aliphatic carbocycles. The third-order valence-electron chi connectivity index (χ3n) is 2.94. The minimum absolute atomic E-state index is 0.139. The van der Waals surface area contributed by atoms with Gasteiger partial charge in [0.25, 0.3) is 0 Å². The van der Waals surface area contributed by atoms with Gasteiger partial charge in [-0.1, -0.05) is 19.9 Å². The number of rotatable bonds is 5. The normalized spacial score (nSPS) is 13.1. The second-order valence-electron chi connectivity index (χ2n) is 4.89. The van der Waals surface area contributed by atoms with E-state index in [-0.39, 0.29) is 5.82 Å². The van der Waals surface area contributed by atoms with Gasteiger partial charge >= 0.3 is 0 Å². The topological polar surface area (TPSA) is 12.0 Å². The van der Waals surface area contributed by atoms with Crippen LogP contribution in [0.2, 0.25) is 0 Å².